The van der Waals surface area contributed by atoms with Gasteiger partial charge in [-0.15, -0.1) is 5.73 Å². The fourth-order valence-electron chi connectivity index (χ4n) is 5.79. The molecule has 2 aromatic carbocycles. The Hall–Kier alpha value is -4.15. The number of aliphatic imine (C=N–C) groups is 1. The largest absolute Gasteiger partial charge is 0.398 e. The quantitative estimate of drug-likeness (QED) is 0.100. The first-order chi connectivity index (χ1) is 20.7. The molecule has 0 radical (unpaired) electrons. The summed E-state index contributed by atoms with van der Waals surface area (Å²) in [7, 11) is 0. The Morgan fingerprint density at radius 1 is 1.21 bits per heavy atom. The van der Waals surface area contributed by atoms with Gasteiger partial charge in [-0.1, -0.05) is 33.8 Å². The van der Waals surface area contributed by atoms with Gasteiger partial charge in [0.05, 0.1) is 17.3 Å². The van der Waals surface area contributed by atoms with Crippen LogP contribution in [0.1, 0.15) is 98.2 Å². The Kier molecular flexibility index (Phi) is 9.17. The summed E-state index contributed by atoms with van der Waals surface area (Å²) in [5, 5.41) is 4.52. The number of halogens is 1. The third kappa shape index (κ3) is 6.60. The predicted molar refractivity (Wildman–Crippen MR) is 179 cm³/mol. The van der Waals surface area contributed by atoms with Crippen molar-refractivity contribution >= 4 is 28.5 Å². The number of rotatable bonds is 12. The number of hydrogen-bond donors (Lipinski definition) is 2. The van der Waals surface area contributed by atoms with Crippen LogP contribution in [-0.4, -0.2) is 28.4 Å². The first-order valence-electron chi connectivity index (χ1n) is 15.6. The Bertz CT molecular complexity index is 1700. The van der Waals surface area contributed by atoms with Gasteiger partial charge in [0.1, 0.15) is 11.6 Å². The molecule has 43 heavy (non-hydrogen) atoms. The lowest BCUT2D eigenvalue weighted by Gasteiger charge is -2.24. The SMILES string of the molecule is C=C=C(NCC(CCC)c1cc(C(C)CC)c(C)c(-n2ccc3cc(F)ccc32)n1)c1cc(C)c(N)c(C=NC2CC2)c1. The summed E-state index contributed by atoms with van der Waals surface area (Å²) in [6.45, 7) is 15.6. The van der Waals surface area contributed by atoms with Gasteiger partial charge in [-0.25, -0.2) is 9.37 Å². The molecular weight excluding hydrogens is 533 g/mol. The molecule has 1 fully saturated rings. The molecule has 1 aliphatic carbocycles. The monoisotopic (exact) mass is 577 g/mol. The molecule has 2 aromatic heterocycles. The average molecular weight is 578 g/mol. The Balaban J connectivity index is 1.49. The molecule has 5 rings (SSSR count). The fraction of sp³-hybridized carbons (Fsp3) is 0.378. The summed E-state index contributed by atoms with van der Waals surface area (Å²) in [6, 6.07) is 13.8. The van der Waals surface area contributed by atoms with Crippen LogP contribution in [0.15, 0.2) is 66.0 Å². The number of fused-ring (bicyclic) bond motifs is 1. The number of aromatic nitrogens is 2. The van der Waals surface area contributed by atoms with Crippen LogP contribution in [0, 0.1) is 19.7 Å². The van der Waals surface area contributed by atoms with E-state index in [1.165, 1.54) is 11.6 Å². The lowest BCUT2D eigenvalue weighted by Crippen LogP contribution is -2.22. The minimum absolute atomic E-state index is 0.167. The molecule has 0 aliphatic heterocycles. The molecule has 2 heterocycles. The van der Waals surface area contributed by atoms with Crippen molar-refractivity contribution in [2.75, 3.05) is 12.3 Å². The molecular formula is C37H44FN5. The summed E-state index contributed by atoms with van der Waals surface area (Å²) in [4.78, 5) is 9.96. The van der Waals surface area contributed by atoms with Crippen LogP contribution >= 0.6 is 0 Å². The zero-order valence-electron chi connectivity index (χ0n) is 26.2. The number of pyridine rings is 1. The molecule has 4 aromatic rings. The zero-order valence-corrected chi connectivity index (χ0v) is 26.2. The molecule has 6 heteroatoms. The van der Waals surface area contributed by atoms with E-state index in [0.717, 1.165) is 88.2 Å². The highest BCUT2D eigenvalue weighted by Crippen LogP contribution is 2.33. The van der Waals surface area contributed by atoms with Crippen LogP contribution in [0.2, 0.25) is 0 Å². The van der Waals surface area contributed by atoms with Gasteiger partial charge >= 0.3 is 0 Å². The summed E-state index contributed by atoms with van der Waals surface area (Å²) in [5.41, 5.74) is 18.6. The molecule has 224 valence electrons. The van der Waals surface area contributed by atoms with Gasteiger partial charge in [-0.2, -0.15) is 0 Å². The van der Waals surface area contributed by atoms with E-state index in [2.05, 4.69) is 73.1 Å². The highest BCUT2D eigenvalue weighted by molar-refractivity contribution is 5.90. The van der Waals surface area contributed by atoms with Crippen LogP contribution < -0.4 is 11.1 Å². The van der Waals surface area contributed by atoms with Gasteiger partial charge in [0.2, 0.25) is 0 Å². The van der Waals surface area contributed by atoms with Gasteiger partial charge in [-0.05, 0) is 105 Å². The first kappa shape index (κ1) is 30.3. The van der Waals surface area contributed by atoms with E-state index >= 15 is 0 Å². The standard InChI is InChI=1S/C37H44FN5/c1-7-10-27(21-41-33(9-3)28-17-24(5)36(39)29(18-28)22-40-31-12-13-31)34-20-32(23(4)8-2)25(6)37(42-34)43-16-15-26-19-30(38)11-14-35(26)43/h11,14-20,22-23,27,31,41H,3,7-8,10,12-13,21,39H2,1-2,4-6H3. The minimum Gasteiger partial charge on any atom is -0.398 e. The third-order valence-corrected chi connectivity index (χ3v) is 8.77. The van der Waals surface area contributed by atoms with Gasteiger partial charge in [-0.3, -0.25) is 4.99 Å². The van der Waals surface area contributed by atoms with E-state index in [1.54, 1.807) is 6.07 Å². The van der Waals surface area contributed by atoms with E-state index in [4.69, 9.17) is 10.7 Å². The lowest BCUT2D eigenvalue weighted by molar-refractivity contribution is 0.575. The number of nitrogens with one attached hydrogen (secondary N) is 1. The van der Waals surface area contributed by atoms with Crippen LogP contribution in [0.25, 0.3) is 22.4 Å². The molecule has 0 spiro atoms. The van der Waals surface area contributed by atoms with Crippen LogP contribution in [0.5, 0.6) is 0 Å². The van der Waals surface area contributed by atoms with Gasteiger partial charge in [0, 0.05) is 52.8 Å². The van der Waals surface area contributed by atoms with Gasteiger partial charge in [0.15, 0.2) is 0 Å². The van der Waals surface area contributed by atoms with E-state index in [1.807, 2.05) is 31.5 Å². The maximum atomic E-state index is 14.0. The molecule has 3 N–H and O–H groups in total. The number of benzene rings is 2. The van der Waals surface area contributed by atoms with Crippen LogP contribution in [0.4, 0.5) is 10.1 Å². The summed E-state index contributed by atoms with van der Waals surface area (Å²) in [6.07, 6.45) is 9.26. The van der Waals surface area contributed by atoms with E-state index in [-0.39, 0.29) is 11.7 Å². The van der Waals surface area contributed by atoms with E-state index in [0.29, 0.717) is 18.5 Å². The van der Waals surface area contributed by atoms with Crippen molar-refractivity contribution < 1.29 is 4.39 Å². The molecule has 5 nitrogen and oxygen atoms in total. The van der Waals surface area contributed by atoms with Crippen molar-refractivity contribution in [3.63, 3.8) is 0 Å². The Morgan fingerprint density at radius 2 is 2.00 bits per heavy atom. The number of nitrogens with two attached hydrogens (primary N) is 1. The third-order valence-electron chi connectivity index (χ3n) is 8.77. The fourth-order valence-corrected chi connectivity index (χ4v) is 5.79. The first-order valence-corrected chi connectivity index (χ1v) is 15.6. The second kappa shape index (κ2) is 13.0. The molecule has 2 atom stereocenters. The highest BCUT2D eigenvalue weighted by atomic mass is 19.1. The average Bonchev–Trinajstić information content (AvgIpc) is 3.75. The zero-order chi connectivity index (χ0) is 30.7. The summed E-state index contributed by atoms with van der Waals surface area (Å²) < 4.78 is 16.1. The highest BCUT2D eigenvalue weighted by Gasteiger charge is 2.22. The molecule has 2 unspecified atom stereocenters. The van der Waals surface area contributed by atoms with Gasteiger partial charge < -0.3 is 15.6 Å². The number of nitrogen functional groups attached to an aromatic ring is 1. The Labute approximate surface area is 255 Å². The number of anilines is 1. The minimum atomic E-state index is -0.234. The van der Waals surface area contributed by atoms with E-state index < -0.39 is 0 Å². The molecule has 0 bridgehead atoms. The summed E-state index contributed by atoms with van der Waals surface area (Å²) in [5.74, 6) is 1.22. The maximum absolute atomic E-state index is 14.0. The second-order valence-electron chi connectivity index (χ2n) is 12.0. The smallest absolute Gasteiger partial charge is 0.140 e. The summed E-state index contributed by atoms with van der Waals surface area (Å²) >= 11 is 0. The van der Waals surface area contributed by atoms with Crippen molar-refractivity contribution in [3.05, 3.63) is 100 Å². The molecule has 0 saturated heterocycles. The number of aryl methyl sites for hydroxylation is 1. The number of hydrogen-bond acceptors (Lipinski definition) is 4. The normalized spacial score (nSPS) is 14.7. The molecule has 1 aliphatic rings. The topological polar surface area (TPSA) is 68.2 Å². The Morgan fingerprint density at radius 3 is 2.70 bits per heavy atom. The van der Waals surface area contributed by atoms with Crippen molar-refractivity contribution in [2.24, 2.45) is 4.99 Å². The van der Waals surface area contributed by atoms with E-state index in [9.17, 15) is 4.39 Å². The molecule has 0 amide bonds. The molecule has 1 saturated carbocycles. The van der Waals surface area contributed by atoms with Crippen LogP contribution in [-0.2, 0) is 0 Å². The number of nitrogens with zero attached hydrogens (tertiary/aromatic N) is 3. The van der Waals surface area contributed by atoms with Gasteiger partial charge in [0.25, 0.3) is 0 Å². The van der Waals surface area contributed by atoms with Crippen LogP contribution in [0.3, 0.4) is 0 Å². The van der Waals surface area contributed by atoms with Crippen molar-refractivity contribution in [1.82, 2.24) is 14.9 Å². The van der Waals surface area contributed by atoms with Crippen molar-refractivity contribution in [2.45, 2.75) is 84.6 Å². The predicted octanol–water partition coefficient (Wildman–Crippen LogP) is 8.76. The second-order valence-corrected chi connectivity index (χ2v) is 12.0. The lowest BCUT2D eigenvalue weighted by atomic mass is 9.90. The van der Waals surface area contributed by atoms with Crippen molar-refractivity contribution in [1.29, 1.82) is 0 Å². The van der Waals surface area contributed by atoms with Crippen molar-refractivity contribution in [3.8, 4) is 5.82 Å². The maximum Gasteiger partial charge on any atom is 0.140 e.